The Bertz CT molecular complexity index is 7230. The third-order valence-corrected chi connectivity index (χ3v) is 35.3. The first kappa shape index (κ1) is 92.6. The Hall–Kier alpha value is -9.66. The van der Waals surface area contributed by atoms with Gasteiger partial charge in [0.2, 0.25) is 0 Å². The van der Waals surface area contributed by atoms with Gasteiger partial charge in [-0.3, -0.25) is 0 Å². The van der Waals surface area contributed by atoms with Gasteiger partial charge in [-0.05, 0) is 170 Å². The first-order valence-electron chi connectivity index (χ1n) is 41.2. The number of azo groups is 3. The fraction of sp³-hybridized carbons (Fsp3) is 0.250. The number of allylic oxidation sites excluding steroid dienone is 4. The first-order chi connectivity index (χ1) is 61.9. The minimum atomic E-state index is 0.226. The van der Waals surface area contributed by atoms with Gasteiger partial charge in [0.15, 0.2) is 0 Å². The van der Waals surface area contributed by atoms with Gasteiger partial charge in [-0.15, -0.1) is 112 Å². The molecule has 33 heteroatoms. The molecule has 0 bridgehead atoms. The van der Waals surface area contributed by atoms with E-state index < -0.39 is 0 Å². The van der Waals surface area contributed by atoms with Crippen molar-refractivity contribution in [2.24, 2.45) is 41.5 Å². The quantitative estimate of drug-likeness (QED) is 0.0821. The summed E-state index contributed by atoms with van der Waals surface area (Å²) >= 11 is 24.8. The van der Waals surface area contributed by atoms with Crippen molar-refractivity contribution in [1.29, 1.82) is 0 Å². The van der Waals surface area contributed by atoms with Gasteiger partial charge in [-0.25, -0.2) is 0 Å². The van der Waals surface area contributed by atoms with Crippen molar-refractivity contribution >= 4 is 366 Å². The number of thiophene rings is 9. The summed E-state index contributed by atoms with van der Waals surface area (Å²) in [6.45, 7) is 39.4. The summed E-state index contributed by atoms with van der Waals surface area (Å²) in [5.74, 6) is 0. The van der Waals surface area contributed by atoms with E-state index in [9.17, 15) is 0 Å². The molecule has 0 aliphatic rings. The van der Waals surface area contributed by atoms with Gasteiger partial charge >= 0.3 is 0 Å². The Kier molecular flexibility index (Phi) is 28.3. The van der Waals surface area contributed by atoms with Gasteiger partial charge in [-0.2, -0.15) is 72.9 Å². The average molecular weight is 1980 g/mol. The van der Waals surface area contributed by atoms with Crippen molar-refractivity contribution in [3.8, 4) is 0 Å². The Labute approximate surface area is 808 Å². The zero-order valence-electron chi connectivity index (χ0n) is 74.5. The van der Waals surface area contributed by atoms with E-state index >= 15 is 0 Å². The second-order valence-corrected chi connectivity index (χ2v) is 47.4. The number of benzene rings is 6. The van der Waals surface area contributed by atoms with Gasteiger partial charge in [0.05, 0.1) is 98.6 Å². The second kappa shape index (κ2) is 39.4. The molecule has 0 radical (unpaired) electrons. The maximum absolute atomic E-state index is 4.41. The molecule has 0 saturated carbocycles. The molecule has 6 aromatic carbocycles. The van der Waals surface area contributed by atoms with E-state index in [1.54, 1.807) is 26.2 Å². The molecule has 129 heavy (non-hydrogen) atoms. The molecule has 0 saturated heterocycles. The number of fused-ring (bicyclic) bond motifs is 15. The Morgan fingerprint density at radius 3 is 0.798 bits per heavy atom. The maximum Gasteiger partial charge on any atom is 0.134 e. The normalized spacial score (nSPS) is 12.8. The first-order valence-corrected chi connectivity index (χ1v) is 52.9. The van der Waals surface area contributed by atoms with Crippen LogP contribution in [0.5, 0.6) is 0 Å². The number of aryl methyl sites for hydroxylation is 4. The van der Waals surface area contributed by atoms with E-state index in [-0.39, 0.29) is 21.7 Å². The third-order valence-electron chi connectivity index (χ3n) is 20.1. The summed E-state index contributed by atoms with van der Waals surface area (Å²) in [7, 11) is 3.23. The highest BCUT2D eigenvalue weighted by atomic mass is 32.2. The van der Waals surface area contributed by atoms with Crippen LogP contribution < -0.4 is 0 Å². The molecular weight excluding hydrogens is 1890 g/mol. The van der Waals surface area contributed by atoms with Crippen LogP contribution in [0.1, 0.15) is 171 Å². The number of rotatable bonds is 12. The van der Waals surface area contributed by atoms with E-state index in [0.717, 1.165) is 122 Å². The summed E-state index contributed by atoms with van der Waals surface area (Å²) in [6.07, 6.45) is 26.1. The molecule has 15 aromatic heterocycles. The number of hydrogen-bond donors (Lipinski definition) is 0. The van der Waals surface area contributed by atoms with Gasteiger partial charge in [-0.1, -0.05) is 180 Å². The number of aromatic nitrogens is 12. The fourth-order valence-electron chi connectivity index (χ4n) is 13.4. The SMILES string of the molecule is C/C=C/c1ccc(/C=C/C)c2nsnc12.CC(C)(C)/C=C/c1cc2sc3cc(/C=C/C(C)(C)C)sc3c2s1.CC(C)(C)c1cc2sc3cc(/C=C/c4cc5sc6cc(C(C)(C)C)sc6c5s4)sc3c2s1.CN=Nc1ccc(N=NC)c2nsnc12.Cc1ccc(/C=C/c2ccc(C)c3nsnc23)c2nsnc12.Cc1ccc(N=Nc2ccc(C)c3nsnc23)c2nsnc12. The molecule has 18 nitrogen and oxygen atoms in total. The van der Waals surface area contributed by atoms with Crippen LogP contribution in [0.4, 0.5) is 22.7 Å². The molecular formula is C96H90N18S15. The van der Waals surface area contributed by atoms with E-state index in [2.05, 4.69) is 314 Å². The van der Waals surface area contributed by atoms with Crippen LogP contribution in [0.2, 0.25) is 0 Å². The van der Waals surface area contributed by atoms with E-state index in [4.69, 9.17) is 0 Å². The molecule has 0 amide bonds. The highest BCUT2D eigenvalue weighted by Crippen LogP contribution is 2.50. The van der Waals surface area contributed by atoms with E-state index in [1.807, 2.05) is 166 Å². The Morgan fingerprint density at radius 1 is 0.248 bits per heavy atom. The molecule has 0 aliphatic heterocycles. The smallest absolute Gasteiger partial charge is 0.134 e. The van der Waals surface area contributed by atoms with Crippen molar-refractivity contribution in [2.45, 2.75) is 135 Å². The van der Waals surface area contributed by atoms with Crippen molar-refractivity contribution in [3.63, 3.8) is 0 Å². The molecule has 654 valence electrons. The highest BCUT2D eigenvalue weighted by molar-refractivity contribution is 7.40. The van der Waals surface area contributed by atoms with Crippen molar-refractivity contribution in [2.75, 3.05) is 14.1 Å². The minimum Gasteiger partial charge on any atom is -0.192 e. The largest absolute Gasteiger partial charge is 0.192 e. The lowest BCUT2D eigenvalue weighted by Crippen LogP contribution is -2.07. The van der Waals surface area contributed by atoms with Crippen LogP contribution in [0.3, 0.4) is 0 Å². The molecule has 0 spiro atoms. The van der Waals surface area contributed by atoms with Crippen LogP contribution >= 0.6 is 172 Å². The molecule has 21 rings (SSSR count). The third kappa shape index (κ3) is 21.1. The molecule has 0 fully saturated rings. The number of hydrogen-bond acceptors (Lipinski definition) is 33. The lowest BCUT2D eigenvalue weighted by atomic mass is 9.95. The molecule has 0 unspecified atom stereocenters. The van der Waals surface area contributed by atoms with Gasteiger partial charge in [0, 0.05) is 93.8 Å². The maximum atomic E-state index is 4.41. The van der Waals surface area contributed by atoms with Crippen LogP contribution in [0.25, 0.3) is 171 Å². The monoisotopic (exact) mass is 1970 g/mol. The van der Waals surface area contributed by atoms with Gasteiger partial charge < -0.3 is 0 Å². The summed E-state index contributed by atoms with van der Waals surface area (Å²) in [5, 5.41) is 24.1. The zero-order valence-corrected chi connectivity index (χ0v) is 86.7. The van der Waals surface area contributed by atoms with Gasteiger partial charge in [0.1, 0.15) is 88.9 Å². The van der Waals surface area contributed by atoms with Crippen molar-refractivity contribution in [3.05, 3.63) is 207 Å². The lowest BCUT2D eigenvalue weighted by Gasteiger charge is -2.14. The Morgan fingerprint density at radius 2 is 0.488 bits per heavy atom. The lowest BCUT2D eigenvalue weighted by molar-refractivity contribution is 0.547. The topological polar surface area (TPSA) is 229 Å². The van der Waals surface area contributed by atoms with Gasteiger partial charge in [0.25, 0.3) is 0 Å². The summed E-state index contributed by atoms with van der Waals surface area (Å²) in [4.78, 5) is 8.41. The minimum absolute atomic E-state index is 0.226. The average Bonchev–Trinajstić information content (AvgIpc) is 1.60. The van der Waals surface area contributed by atoms with Crippen molar-refractivity contribution in [1.82, 2.24) is 52.5 Å². The van der Waals surface area contributed by atoms with E-state index in [0.29, 0.717) is 22.7 Å². The predicted octanol–water partition coefficient (Wildman–Crippen LogP) is 35.8. The summed E-state index contributed by atoms with van der Waals surface area (Å²) in [5.41, 5.74) is 23.3. The second-order valence-electron chi connectivity index (χ2n) is 34.5. The van der Waals surface area contributed by atoms with E-state index in [1.165, 1.54) is 144 Å². The molecule has 0 aliphatic carbocycles. The molecule has 0 N–H and O–H groups in total. The molecule has 15 heterocycles. The fourth-order valence-corrected chi connectivity index (χ4v) is 28.9. The number of nitrogens with zero attached hydrogens (tertiary/aromatic N) is 18. The highest BCUT2D eigenvalue weighted by Gasteiger charge is 2.24. The molecule has 0 atom stereocenters. The standard InChI is InChI=1S/C26H24S6.C20H24S3.C16H12N4S2.C14H10N6S2.C12H12N2S.C8H8N6S/c1-25(2,3)19-11-17-23(31-19)21-15(29-17)9-13(27-21)7-8-14-10-16-22(28-14)24-18(30-16)12-20(32-24)26(4,5)6;1-19(2,3)9-7-13-11-15-17(21-13)18-16(23-15)12-14(22-18)8-10-20(4,5)6;1-9-3-5-11(15-13(9)17-21-19-15)7-8-12-6-4-10(2)14-16(12)20-22-18-14;1-7-3-5-9(13-11(7)17-21-19-13)15-16-10-6-4-8(2)12-14(10)20-22-18-12;1-3-5-9-7-8-10(6-4-2)12-11(9)13-15-14-12;1-9-11-5-3-4-6(12-10-2)8-7(5)13-15-14-8/h7-12H,1-6H3;7-12H,1-6H3;3-8H,1-2H3;3-6H,1-2H3;3-8H,1-2H3;3-4H,1-2H3/b8-7+;9-7+,10-8+;8-7+;;5-3+,6-4+;. The zero-order chi connectivity index (χ0) is 90.8. The van der Waals surface area contributed by atoms with Crippen LogP contribution in [0, 0.1) is 38.5 Å². The predicted molar refractivity (Wildman–Crippen MR) is 575 cm³/mol. The summed E-state index contributed by atoms with van der Waals surface area (Å²) in [6, 6.07) is 38.1. The van der Waals surface area contributed by atoms with Crippen LogP contribution in [0.15, 0.2) is 164 Å². The van der Waals surface area contributed by atoms with Crippen molar-refractivity contribution < 1.29 is 0 Å². The summed E-state index contributed by atoms with van der Waals surface area (Å²) < 4.78 is 69.1. The van der Waals surface area contributed by atoms with Crippen LogP contribution in [-0.4, -0.2) is 66.6 Å². The molecule has 21 aromatic rings. The van der Waals surface area contributed by atoms with Crippen LogP contribution in [-0.2, 0) is 10.8 Å². The Balaban J connectivity index is 0.000000116.